The van der Waals surface area contributed by atoms with Crippen LogP contribution in [0.15, 0.2) is 47.5 Å². The molecule has 10 heteroatoms. The van der Waals surface area contributed by atoms with Crippen LogP contribution in [0.4, 0.5) is 8.78 Å². The molecule has 0 heterocycles. The number of nitrogens with zero attached hydrogens (tertiary/aromatic N) is 2. The number of guanidine groups is 1. The van der Waals surface area contributed by atoms with Crippen LogP contribution < -0.4 is 20.7 Å². The lowest BCUT2D eigenvalue weighted by Crippen LogP contribution is -2.36. The predicted octanol–water partition coefficient (Wildman–Crippen LogP) is 3.37. The highest BCUT2D eigenvalue weighted by atomic mass is 127. The number of carbonyl (C=O) groups excluding carboxylic acids is 1. The molecule has 2 aromatic rings. The van der Waals surface area contributed by atoms with E-state index >= 15 is 0 Å². The molecule has 182 valence electrons. The number of aliphatic imine (C=N–C) groups is 1. The van der Waals surface area contributed by atoms with Crippen molar-refractivity contribution in [2.24, 2.45) is 4.99 Å². The number of hydrogen-bond acceptors (Lipinski definition) is 4. The van der Waals surface area contributed by atoms with Crippen LogP contribution in [0.1, 0.15) is 27.0 Å². The first-order chi connectivity index (χ1) is 15.3. The summed E-state index contributed by atoms with van der Waals surface area (Å²) < 4.78 is 29.9. The van der Waals surface area contributed by atoms with Gasteiger partial charge < -0.3 is 25.6 Å². The molecule has 33 heavy (non-hydrogen) atoms. The maximum Gasteiger partial charge on any atom is 0.387 e. The number of hydrogen-bond donors (Lipinski definition) is 3. The van der Waals surface area contributed by atoms with Crippen LogP contribution in [-0.2, 0) is 13.1 Å². The van der Waals surface area contributed by atoms with Crippen LogP contribution in [0.2, 0.25) is 0 Å². The minimum absolute atomic E-state index is 0. The highest BCUT2D eigenvalue weighted by molar-refractivity contribution is 14.0. The van der Waals surface area contributed by atoms with Gasteiger partial charge in [-0.15, -0.1) is 24.0 Å². The van der Waals surface area contributed by atoms with Crippen molar-refractivity contribution in [3.8, 4) is 5.75 Å². The lowest BCUT2D eigenvalue weighted by molar-refractivity contribution is -0.0504. The first kappa shape index (κ1) is 28.6. The standard InChI is InChI=1S/C23H31F2N5O2.HI/c1-16-8-9-20(32-22(24)25)19(12-16)15-29-23(26-2)28-14-17-6-5-7-18(13-17)21(31)27-10-11-30(3)4;/h5-9,12-13,22H,10-11,14-15H2,1-4H3,(H,27,31)(H2,26,28,29);1H. The lowest BCUT2D eigenvalue weighted by atomic mass is 10.1. The second-order valence-corrected chi connectivity index (χ2v) is 7.53. The Labute approximate surface area is 211 Å². The number of benzene rings is 2. The van der Waals surface area contributed by atoms with Crippen LogP contribution in [0.25, 0.3) is 0 Å². The van der Waals surface area contributed by atoms with Gasteiger partial charge in [0, 0.05) is 44.4 Å². The zero-order valence-electron chi connectivity index (χ0n) is 19.3. The summed E-state index contributed by atoms with van der Waals surface area (Å²) in [5.74, 6) is 0.499. The summed E-state index contributed by atoms with van der Waals surface area (Å²) in [6, 6.07) is 12.4. The summed E-state index contributed by atoms with van der Waals surface area (Å²) in [6.45, 7) is 1.03. The van der Waals surface area contributed by atoms with E-state index in [1.54, 1.807) is 25.2 Å². The minimum Gasteiger partial charge on any atom is -0.434 e. The van der Waals surface area contributed by atoms with Gasteiger partial charge in [0.15, 0.2) is 5.96 Å². The van der Waals surface area contributed by atoms with E-state index in [9.17, 15) is 13.6 Å². The maximum absolute atomic E-state index is 12.7. The van der Waals surface area contributed by atoms with E-state index in [0.29, 0.717) is 30.2 Å². The van der Waals surface area contributed by atoms with Crippen LogP contribution >= 0.6 is 24.0 Å². The fourth-order valence-corrected chi connectivity index (χ4v) is 2.96. The molecule has 0 aliphatic carbocycles. The smallest absolute Gasteiger partial charge is 0.387 e. The second-order valence-electron chi connectivity index (χ2n) is 7.53. The van der Waals surface area contributed by atoms with Crippen molar-refractivity contribution in [3.05, 3.63) is 64.7 Å². The fraction of sp³-hybridized carbons (Fsp3) is 0.391. The van der Waals surface area contributed by atoms with Crippen LogP contribution in [0, 0.1) is 6.92 Å². The van der Waals surface area contributed by atoms with Gasteiger partial charge in [-0.05, 0) is 44.8 Å². The molecule has 0 saturated heterocycles. The molecule has 2 rings (SSSR count). The zero-order chi connectivity index (χ0) is 23.5. The van der Waals surface area contributed by atoms with Crippen molar-refractivity contribution in [3.63, 3.8) is 0 Å². The molecule has 2 aromatic carbocycles. The number of halogens is 3. The molecule has 0 spiro atoms. The zero-order valence-corrected chi connectivity index (χ0v) is 21.7. The highest BCUT2D eigenvalue weighted by Crippen LogP contribution is 2.22. The van der Waals surface area contributed by atoms with Gasteiger partial charge in [-0.2, -0.15) is 8.78 Å². The molecule has 0 bridgehead atoms. The summed E-state index contributed by atoms with van der Waals surface area (Å²) in [6.07, 6.45) is 0. The Morgan fingerprint density at radius 3 is 2.48 bits per heavy atom. The van der Waals surface area contributed by atoms with E-state index in [2.05, 4.69) is 25.7 Å². The molecule has 0 fully saturated rings. The molecule has 1 amide bonds. The summed E-state index contributed by atoms with van der Waals surface area (Å²) in [5.41, 5.74) is 3.03. The third-order valence-corrected chi connectivity index (χ3v) is 4.60. The van der Waals surface area contributed by atoms with Crippen LogP contribution in [0.5, 0.6) is 5.75 Å². The molecule has 7 nitrogen and oxygen atoms in total. The second kappa shape index (κ2) is 14.6. The molecule has 0 unspecified atom stereocenters. The van der Waals surface area contributed by atoms with Gasteiger partial charge >= 0.3 is 6.61 Å². The number of rotatable bonds is 10. The van der Waals surface area contributed by atoms with E-state index in [0.717, 1.165) is 17.7 Å². The van der Waals surface area contributed by atoms with Crippen LogP contribution in [0.3, 0.4) is 0 Å². The number of nitrogens with one attached hydrogen (secondary N) is 3. The Morgan fingerprint density at radius 2 is 1.82 bits per heavy atom. The third-order valence-electron chi connectivity index (χ3n) is 4.60. The number of carbonyl (C=O) groups is 1. The minimum atomic E-state index is -2.89. The number of amides is 1. The molecular weight excluding hydrogens is 543 g/mol. The normalized spacial score (nSPS) is 11.2. The molecular formula is C23H32F2IN5O2. The van der Waals surface area contributed by atoms with E-state index in [1.807, 2.05) is 44.1 Å². The molecule has 3 N–H and O–H groups in total. The average molecular weight is 575 g/mol. The number of alkyl halides is 2. The molecule has 0 atom stereocenters. The predicted molar refractivity (Wildman–Crippen MR) is 138 cm³/mol. The number of ether oxygens (including phenoxy) is 1. The van der Waals surface area contributed by atoms with Gasteiger partial charge in [0.2, 0.25) is 0 Å². The Kier molecular flexibility index (Phi) is 12.7. The van der Waals surface area contributed by atoms with Crippen molar-refractivity contribution < 1.29 is 18.3 Å². The molecule has 0 saturated carbocycles. The van der Waals surface area contributed by atoms with Gasteiger partial charge in [0.05, 0.1) is 0 Å². The number of likely N-dealkylation sites (N-methyl/N-ethyl adjacent to an activating group) is 1. The van der Waals surface area contributed by atoms with E-state index < -0.39 is 6.61 Å². The van der Waals surface area contributed by atoms with E-state index in [4.69, 9.17) is 0 Å². The molecule has 0 aliphatic heterocycles. The third kappa shape index (κ3) is 10.3. The monoisotopic (exact) mass is 575 g/mol. The van der Waals surface area contributed by atoms with Gasteiger partial charge in [0.25, 0.3) is 5.91 Å². The van der Waals surface area contributed by atoms with Crippen molar-refractivity contribution in [2.75, 3.05) is 34.2 Å². The molecule has 0 aliphatic rings. The first-order valence-electron chi connectivity index (χ1n) is 10.3. The SMILES string of the molecule is CN=C(NCc1cccc(C(=O)NCCN(C)C)c1)NCc1cc(C)ccc1OC(F)F.I. The van der Waals surface area contributed by atoms with Crippen molar-refractivity contribution in [2.45, 2.75) is 26.6 Å². The Balaban J connectivity index is 0.00000544. The fourth-order valence-electron chi connectivity index (χ4n) is 2.96. The molecule has 0 aromatic heterocycles. The van der Waals surface area contributed by atoms with Gasteiger partial charge in [-0.3, -0.25) is 9.79 Å². The van der Waals surface area contributed by atoms with Crippen molar-refractivity contribution in [1.82, 2.24) is 20.9 Å². The number of aryl methyl sites for hydroxylation is 1. The topological polar surface area (TPSA) is 78.0 Å². The van der Waals surface area contributed by atoms with Crippen molar-refractivity contribution in [1.29, 1.82) is 0 Å². The van der Waals surface area contributed by atoms with Gasteiger partial charge in [0.1, 0.15) is 5.75 Å². The summed E-state index contributed by atoms with van der Waals surface area (Å²) in [5, 5.41) is 9.16. The summed E-state index contributed by atoms with van der Waals surface area (Å²) >= 11 is 0. The Bertz CT molecular complexity index is 925. The maximum atomic E-state index is 12.7. The quantitative estimate of drug-likeness (QED) is 0.230. The largest absolute Gasteiger partial charge is 0.434 e. The first-order valence-corrected chi connectivity index (χ1v) is 10.3. The van der Waals surface area contributed by atoms with Gasteiger partial charge in [-0.25, -0.2) is 0 Å². The molecule has 0 radical (unpaired) electrons. The lowest BCUT2D eigenvalue weighted by Gasteiger charge is -2.15. The van der Waals surface area contributed by atoms with E-state index in [-0.39, 0.29) is 42.2 Å². The summed E-state index contributed by atoms with van der Waals surface area (Å²) in [7, 11) is 5.52. The Morgan fingerprint density at radius 1 is 1.09 bits per heavy atom. The summed E-state index contributed by atoms with van der Waals surface area (Å²) in [4.78, 5) is 18.5. The van der Waals surface area contributed by atoms with Gasteiger partial charge in [-0.1, -0.05) is 29.8 Å². The highest BCUT2D eigenvalue weighted by Gasteiger charge is 2.11. The Hall–Kier alpha value is -2.47. The van der Waals surface area contributed by atoms with E-state index in [1.165, 1.54) is 6.07 Å². The average Bonchev–Trinajstić information content (AvgIpc) is 2.75. The van der Waals surface area contributed by atoms with Crippen molar-refractivity contribution >= 4 is 35.8 Å². The van der Waals surface area contributed by atoms with Crippen LogP contribution in [-0.4, -0.2) is 57.6 Å².